The van der Waals surface area contributed by atoms with E-state index < -0.39 is 0 Å². The fourth-order valence-corrected chi connectivity index (χ4v) is 3.93. The molecule has 0 radical (unpaired) electrons. The number of carbonyl (C=O) groups excluding carboxylic acids is 1. The van der Waals surface area contributed by atoms with Crippen molar-refractivity contribution in [2.24, 2.45) is 0 Å². The van der Waals surface area contributed by atoms with Gasteiger partial charge in [-0.25, -0.2) is 0 Å². The first kappa shape index (κ1) is 20.5. The minimum atomic E-state index is -0.0322. The number of ether oxygens (including phenoxy) is 1. The number of hydrogen-bond donors (Lipinski definition) is 2. The van der Waals surface area contributed by atoms with Crippen LogP contribution in [-0.4, -0.2) is 25.5 Å². The molecule has 3 aromatic rings. The SMILES string of the molecule is O=C(COc1ccc(CNc2c(Cl)ccc3c2CCNCC3)cc1)c1ccccc1. The van der Waals surface area contributed by atoms with Crippen LogP contribution in [0.15, 0.2) is 66.7 Å². The number of ketones is 1. The van der Waals surface area contributed by atoms with Gasteiger partial charge in [0.25, 0.3) is 0 Å². The van der Waals surface area contributed by atoms with Gasteiger partial charge in [0.2, 0.25) is 0 Å². The lowest BCUT2D eigenvalue weighted by molar-refractivity contribution is 0.0921. The lowest BCUT2D eigenvalue weighted by Gasteiger charge is -2.16. The van der Waals surface area contributed by atoms with E-state index in [4.69, 9.17) is 16.3 Å². The van der Waals surface area contributed by atoms with E-state index in [9.17, 15) is 4.79 Å². The molecular weight excluding hydrogens is 396 g/mol. The highest BCUT2D eigenvalue weighted by Gasteiger charge is 2.14. The summed E-state index contributed by atoms with van der Waals surface area (Å²) in [4.78, 5) is 12.2. The molecule has 0 fully saturated rings. The number of Topliss-reactive ketones (excluding diaryl/α,β-unsaturated/α-hetero) is 1. The second-order valence-corrected chi connectivity index (χ2v) is 7.79. The van der Waals surface area contributed by atoms with Crippen LogP contribution in [0.4, 0.5) is 5.69 Å². The van der Waals surface area contributed by atoms with Crippen LogP contribution < -0.4 is 15.4 Å². The third kappa shape index (κ3) is 5.02. The topological polar surface area (TPSA) is 50.4 Å². The molecule has 1 aliphatic rings. The first-order valence-electron chi connectivity index (χ1n) is 10.3. The third-order valence-corrected chi connectivity index (χ3v) is 5.66. The van der Waals surface area contributed by atoms with Crippen LogP contribution in [0.1, 0.15) is 27.0 Å². The summed E-state index contributed by atoms with van der Waals surface area (Å²) in [5, 5.41) is 7.72. The zero-order valence-corrected chi connectivity index (χ0v) is 17.5. The molecule has 4 nitrogen and oxygen atoms in total. The largest absolute Gasteiger partial charge is 0.485 e. The molecule has 0 aromatic heterocycles. The highest BCUT2D eigenvalue weighted by molar-refractivity contribution is 6.33. The fraction of sp³-hybridized carbons (Fsp3) is 0.240. The van der Waals surface area contributed by atoms with E-state index in [0.29, 0.717) is 17.9 Å². The van der Waals surface area contributed by atoms with Crippen LogP contribution in [-0.2, 0) is 19.4 Å². The Hall–Kier alpha value is -2.82. The lowest BCUT2D eigenvalue weighted by Crippen LogP contribution is -2.16. The van der Waals surface area contributed by atoms with Gasteiger partial charge in [0.15, 0.2) is 12.4 Å². The maximum atomic E-state index is 12.2. The molecule has 0 aliphatic carbocycles. The highest BCUT2D eigenvalue weighted by atomic mass is 35.5. The Labute approximate surface area is 182 Å². The van der Waals surface area contributed by atoms with Gasteiger partial charge in [-0.05, 0) is 60.8 Å². The molecule has 154 valence electrons. The molecule has 0 amide bonds. The Morgan fingerprint density at radius 1 is 0.967 bits per heavy atom. The van der Waals surface area contributed by atoms with Crippen LogP contribution in [0.5, 0.6) is 5.75 Å². The Balaban J connectivity index is 1.36. The van der Waals surface area contributed by atoms with Gasteiger partial charge in [0, 0.05) is 12.1 Å². The Bertz CT molecular complexity index is 1000. The Morgan fingerprint density at radius 3 is 2.53 bits per heavy atom. The molecule has 0 saturated carbocycles. The minimum absolute atomic E-state index is 0.0292. The molecular formula is C25H25ClN2O2. The second kappa shape index (κ2) is 9.79. The molecule has 4 rings (SSSR count). The summed E-state index contributed by atoms with van der Waals surface area (Å²) in [6.07, 6.45) is 2.00. The van der Waals surface area contributed by atoms with Crippen LogP contribution in [0.3, 0.4) is 0 Å². The molecule has 5 heteroatoms. The van der Waals surface area contributed by atoms with Crippen molar-refractivity contribution in [1.29, 1.82) is 0 Å². The Morgan fingerprint density at radius 2 is 1.73 bits per heavy atom. The van der Waals surface area contributed by atoms with Gasteiger partial charge in [-0.3, -0.25) is 4.79 Å². The number of nitrogens with one attached hydrogen (secondary N) is 2. The summed E-state index contributed by atoms with van der Waals surface area (Å²) in [6.45, 7) is 2.67. The van der Waals surface area contributed by atoms with Crippen LogP contribution in [0.2, 0.25) is 5.02 Å². The minimum Gasteiger partial charge on any atom is -0.485 e. The number of anilines is 1. The third-order valence-electron chi connectivity index (χ3n) is 5.34. The summed E-state index contributed by atoms with van der Waals surface area (Å²) < 4.78 is 5.65. The summed E-state index contributed by atoms with van der Waals surface area (Å²) >= 11 is 6.49. The number of benzene rings is 3. The van der Waals surface area contributed by atoms with Crippen LogP contribution >= 0.6 is 11.6 Å². The van der Waals surface area contributed by atoms with Crippen molar-refractivity contribution in [3.05, 3.63) is 94.0 Å². The normalized spacial score (nSPS) is 13.2. The zero-order chi connectivity index (χ0) is 20.8. The highest BCUT2D eigenvalue weighted by Crippen LogP contribution is 2.31. The van der Waals surface area contributed by atoms with Gasteiger partial charge < -0.3 is 15.4 Å². The van der Waals surface area contributed by atoms with Gasteiger partial charge in [0.1, 0.15) is 5.75 Å². The molecule has 30 heavy (non-hydrogen) atoms. The van der Waals surface area contributed by atoms with Crippen molar-refractivity contribution in [2.75, 3.05) is 25.0 Å². The van der Waals surface area contributed by atoms with E-state index in [0.717, 1.165) is 42.2 Å². The number of carbonyl (C=O) groups is 1. The van der Waals surface area contributed by atoms with Crippen LogP contribution in [0.25, 0.3) is 0 Å². The van der Waals surface area contributed by atoms with E-state index in [1.165, 1.54) is 11.1 Å². The van der Waals surface area contributed by atoms with Crippen molar-refractivity contribution in [2.45, 2.75) is 19.4 Å². The van der Waals surface area contributed by atoms with E-state index in [2.05, 4.69) is 16.7 Å². The average molecular weight is 421 g/mol. The summed E-state index contributed by atoms with van der Waals surface area (Å²) in [5.41, 5.74) is 5.49. The molecule has 0 saturated heterocycles. The summed E-state index contributed by atoms with van der Waals surface area (Å²) in [5.74, 6) is 0.649. The van der Waals surface area contributed by atoms with Gasteiger partial charge in [-0.15, -0.1) is 0 Å². The molecule has 0 bridgehead atoms. The quantitative estimate of drug-likeness (QED) is 0.533. The predicted molar refractivity (Wildman–Crippen MR) is 122 cm³/mol. The predicted octanol–water partition coefficient (Wildman–Crippen LogP) is 4.90. The standard InChI is InChI=1S/C25H25ClN2O2/c26-23-11-8-19-12-14-27-15-13-22(19)25(23)28-16-18-6-9-21(10-7-18)30-17-24(29)20-4-2-1-3-5-20/h1-11,27-28H,12-17H2. The van der Waals surface area contributed by atoms with Gasteiger partial charge in [0.05, 0.1) is 10.7 Å². The fourth-order valence-electron chi connectivity index (χ4n) is 3.68. The summed E-state index contributed by atoms with van der Waals surface area (Å²) in [7, 11) is 0. The molecule has 1 aliphatic heterocycles. The number of fused-ring (bicyclic) bond motifs is 1. The van der Waals surface area contributed by atoms with E-state index in [1.807, 2.05) is 48.5 Å². The first-order valence-corrected chi connectivity index (χ1v) is 10.6. The van der Waals surface area contributed by atoms with E-state index >= 15 is 0 Å². The average Bonchev–Trinajstić information content (AvgIpc) is 3.04. The maximum Gasteiger partial charge on any atom is 0.200 e. The molecule has 1 heterocycles. The molecule has 3 aromatic carbocycles. The van der Waals surface area contributed by atoms with Gasteiger partial charge >= 0.3 is 0 Å². The molecule has 0 unspecified atom stereocenters. The zero-order valence-electron chi connectivity index (χ0n) is 16.8. The number of halogens is 1. The number of hydrogen-bond acceptors (Lipinski definition) is 4. The first-order chi connectivity index (χ1) is 14.7. The lowest BCUT2D eigenvalue weighted by atomic mass is 10.0. The second-order valence-electron chi connectivity index (χ2n) is 7.39. The molecule has 2 N–H and O–H groups in total. The van der Waals surface area contributed by atoms with Crippen molar-refractivity contribution >= 4 is 23.1 Å². The monoisotopic (exact) mass is 420 g/mol. The summed E-state index contributed by atoms with van der Waals surface area (Å²) in [6, 6.07) is 21.1. The van der Waals surface area contributed by atoms with E-state index in [-0.39, 0.29) is 12.4 Å². The van der Waals surface area contributed by atoms with E-state index in [1.54, 1.807) is 12.1 Å². The van der Waals surface area contributed by atoms with Gasteiger partial charge in [-0.2, -0.15) is 0 Å². The van der Waals surface area contributed by atoms with Crippen molar-refractivity contribution < 1.29 is 9.53 Å². The van der Waals surface area contributed by atoms with Crippen molar-refractivity contribution in [3.8, 4) is 5.75 Å². The Kier molecular flexibility index (Phi) is 6.67. The smallest absolute Gasteiger partial charge is 0.200 e. The number of rotatable bonds is 7. The maximum absolute atomic E-state index is 12.2. The molecule has 0 spiro atoms. The van der Waals surface area contributed by atoms with Crippen molar-refractivity contribution in [1.82, 2.24) is 5.32 Å². The van der Waals surface area contributed by atoms with Crippen LogP contribution in [0, 0.1) is 0 Å². The molecule has 0 atom stereocenters. The van der Waals surface area contributed by atoms with Gasteiger partial charge in [-0.1, -0.05) is 60.1 Å². The van der Waals surface area contributed by atoms with Crippen molar-refractivity contribution in [3.63, 3.8) is 0 Å².